The van der Waals surface area contributed by atoms with Crippen LogP contribution in [0.15, 0.2) is 54.6 Å². The first-order valence-corrected chi connectivity index (χ1v) is 9.36. The van der Waals surface area contributed by atoms with Crippen molar-refractivity contribution in [1.82, 2.24) is 0 Å². The Kier molecular flexibility index (Phi) is 4.96. The molecule has 2 nitrogen and oxygen atoms in total. The van der Waals surface area contributed by atoms with E-state index in [0.717, 1.165) is 31.6 Å². The molecule has 0 amide bonds. The lowest BCUT2D eigenvalue weighted by Crippen LogP contribution is -2.08. The highest BCUT2D eigenvalue weighted by atomic mass is 127. The first-order valence-electron chi connectivity index (χ1n) is 7.02. The van der Waals surface area contributed by atoms with Gasteiger partial charge in [-0.3, -0.25) is 0 Å². The lowest BCUT2D eigenvalue weighted by molar-refractivity contribution is 0.206. The minimum atomic E-state index is 0.0362. The van der Waals surface area contributed by atoms with Crippen LogP contribution in [0.25, 0.3) is 10.1 Å². The Labute approximate surface area is 147 Å². The van der Waals surface area contributed by atoms with Crippen molar-refractivity contribution in [3.8, 4) is 11.8 Å². The van der Waals surface area contributed by atoms with E-state index in [-0.39, 0.29) is 6.10 Å². The number of hydrogen-bond acceptors (Lipinski definition) is 3. The van der Waals surface area contributed by atoms with Gasteiger partial charge in [-0.1, -0.05) is 59.0 Å². The van der Waals surface area contributed by atoms with E-state index in [9.17, 15) is 0 Å². The Morgan fingerprint density at radius 3 is 2.68 bits per heavy atom. The van der Waals surface area contributed by atoms with Gasteiger partial charge < -0.3 is 4.74 Å². The molecule has 2 aromatic carbocycles. The topological polar surface area (TPSA) is 33.0 Å². The Hall–Kier alpha value is -1.58. The minimum Gasteiger partial charge on any atom is -0.485 e. The third-order valence-electron chi connectivity index (χ3n) is 3.44. The van der Waals surface area contributed by atoms with Crippen LogP contribution in [-0.4, -0.2) is 4.43 Å². The van der Waals surface area contributed by atoms with Crippen molar-refractivity contribution in [3.05, 3.63) is 65.0 Å². The fraction of sp³-hybridized carbons (Fsp3) is 0.167. The molecular formula is C18H14INOS. The summed E-state index contributed by atoms with van der Waals surface area (Å²) in [6.07, 6.45) is 0.991. The maximum Gasteiger partial charge on any atom is 0.128 e. The fourth-order valence-electron chi connectivity index (χ4n) is 2.41. The molecule has 0 unspecified atom stereocenters. The lowest BCUT2D eigenvalue weighted by atomic mass is 10.1. The van der Waals surface area contributed by atoms with Crippen molar-refractivity contribution < 1.29 is 4.74 Å². The molecule has 3 rings (SSSR count). The van der Waals surface area contributed by atoms with Crippen molar-refractivity contribution in [3.63, 3.8) is 0 Å². The molecule has 0 aliphatic heterocycles. The first-order chi connectivity index (χ1) is 10.8. The summed E-state index contributed by atoms with van der Waals surface area (Å²) in [6.45, 7) is 0. The zero-order valence-corrected chi connectivity index (χ0v) is 14.8. The third kappa shape index (κ3) is 3.26. The number of rotatable bonds is 5. The average Bonchev–Trinajstić information content (AvgIpc) is 2.99. The van der Waals surface area contributed by atoms with Crippen LogP contribution in [-0.2, 0) is 0 Å². The van der Waals surface area contributed by atoms with Crippen LogP contribution in [0.1, 0.15) is 23.0 Å². The molecule has 0 N–H and O–H groups in total. The third-order valence-corrected chi connectivity index (χ3v) is 5.07. The number of hydrogen-bond donors (Lipinski definition) is 0. The highest BCUT2D eigenvalue weighted by Crippen LogP contribution is 2.35. The molecule has 22 heavy (non-hydrogen) atoms. The van der Waals surface area contributed by atoms with Crippen LogP contribution in [0.5, 0.6) is 5.75 Å². The molecule has 0 radical (unpaired) electrons. The molecule has 3 aromatic rings. The summed E-state index contributed by atoms with van der Waals surface area (Å²) < 4.78 is 8.43. The maximum atomic E-state index is 9.09. The average molecular weight is 419 g/mol. The fourth-order valence-corrected chi connectivity index (χ4v) is 3.85. The monoisotopic (exact) mass is 419 g/mol. The van der Waals surface area contributed by atoms with Crippen LogP contribution in [0.2, 0.25) is 0 Å². The molecule has 0 aliphatic carbocycles. The Bertz CT molecular complexity index is 807. The van der Waals surface area contributed by atoms with Gasteiger partial charge in [-0.05, 0) is 30.2 Å². The molecule has 0 fully saturated rings. The van der Waals surface area contributed by atoms with Crippen LogP contribution in [0.3, 0.4) is 0 Å². The van der Waals surface area contributed by atoms with Crippen LogP contribution < -0.4 is 4.74 Å². The van der Waals surface area contributed by atoms with E-state index in [1.807, 2.05) is 42.5 Å². The van der Waals surface area contributed by atoms with Gasteiger partial charge in [-0.25, -0.2) is 0 Å². The number of fused-ring (bicyclic) bond motifs is 1. The van der Waals surface area contributed by atoms with Gasteiger partial charge in [0.1, 0.15) is 22.8 Å². The van der Waals surface area contributed by atoms with E-state index in [2.05, 4.69) is 40.8 Å². The molecule has 4 heteroatoms. The SMILES string of the molecule is N#Cc1cc2c(O[C@H](CCI)c3ccccc3)cccc2s1. The van der Waals surface area contributed by atoms with E-state index < -0.39 is 0 Å². The predicted octanol–water partition coefficient (Wildman–Crippen LogP) is 5.72. The zero-order chi connectivity index (χ0) is 15.4. The minimum absolute atomic E-state index is 0.0362. The van der Waals surface area contributed by atoms with Crippen LogP contribution in [0.4, 0.5) is 0 Å². The number of thiophene rings is 1. The van der Waals surface area contributed by atoms with Crippen molar-refractivity contribution in [2.45, 2.75) is 12.5 Å². The number of benzene rings is 2. The van der Waals surface area contributed by atoms with E-state index in [1.54, 1.807) is 0 Å². The summed E-state index contributed by atoms with van der Waals surface area (Å²) in [7, 11) is 0. The Balaban J connectivity index is 1.96. The predicted molar refractivity (Wildman–Crippen MR) is 99.9 cm³/mol. The van der Waals surface area contributed by atoms with Crippen LogP contribution >= 0.6 is 33.9 Å². The summed E-state index contributed by atoms with van der Waals surface area (Å²) >= 11 is 3.88. The lowest BCUT2D eigenvalue weighted by Gasteiger charge is -2.19. The van der Waals surface area contributed by atoms with Gasteiger partial charge in [0.15, 0.2) is 0 Å². The molecule has 0 spiro atoms. The highest BCUT2D eigenvalue weighted by molar-refractivity contribution is 14.1. The van der Waals surface area contributed by atoms with Crippen LogP contribution in [0, 0.1) is 11.3 Å². The highest BCUT2D eigenvalue weighted by Gasteiger charge is 2.15. The van der Waals surface area contributed by atoms with Crippen molar-refractivity contribution >= 4 is 44.0 Å². The van der Waals surface area contributed by atoms with Gasteiger partial charge >= 0.3 is 0 Å². The van der Waals surface area contributed by atoms with E-state index >= 15 is 0 Å². The van der Waals surface area contributed by atoms with Gasteiger partial charge in [0.2, 0.25) is 0 Å². The summed E-state index contributed by atoms with van der Waals surface area (Å²) in [5.74, 6) is 0.856. The molecule has 0 bridgehead atoms. The molecule has 110 valence electrons. The maximum absolute atomic E-state index is 9.09. The summed E-state index contributed by atoms with van der Waals surface area (Å²) in [5.41, 5.74) is 1.19. The largest absolute Gasteiger partial charge is 0.485 e. The summed E-state index contributed by atoms with van der Waals surface area (Å²) in [5, 5.41) is 10.1. The van der Waals surface area contributed by atoms with Gasteiger partial charge in [0.05, 0.1) is 0 Å². The number of halogens is 1. The molecule has 1 atom stereocenters. The second-order valence-corrected chi connectivity index (χ2v) is 7.05. The number of nitrogens with zero attached hydrogens (tertiary/aromatic N) is 1. The van der Waals surface area contributed by atoms with Gasteiger partial charge in [-0.2, -0.15) is 5.26 Å². The molecule has 0 saturated carbocycles. The number of ether oxygens (including phenoxy) is 1. The smallest absolute Gasteiger partial charge is 0.128 e. The number of nitriles is 1. The van der Waals surface area contributed by atoms with E-state index in [0.29, 0.717) is 0 Å². The van der Waals surface area contributed by atoms with Gasteiger partial charge in [0, 0.05) is 14.5 Å². The second kappa shape index (κ2) is 7.12. The Morgan fingerprint density at radius 2 is 1.95 bits per heavy atom. The molecular weight excluding hydrogens is 405 g/mol. The first kappa shape index (κ1) is 15.3. The zero-order valence-electron chi connectivity index (χ0n) is 11.8. The molecule has 1 heterocycles. The second-order valence-electron chi connectivity index (χ2n) is 4.89. The summed E-state index contributed by atoms with van der Waals surface area (Å²) in [6, 6.07) is 20.4. The standard InChI is InChI=1S/C18H14INOS/c19-10-9-16(13-5-2-1-3-6-13)21-17-7-4-8-18-15(17)11-14(12-20)22-18/h1-8,11,16H,9-10H2/t16-/m1/s1. The van der Waals surface area contributed by atoms with Gasteiger partial charge in [0.25, 0.3) is 0 Å². The molecule has 1 aromatic heterocycles. The molecule has 0 saturated heterocycles. The van der Waals surface area contributed by atoms with Crippen molar-refractivity contribution in [2.24, 2.45) is 0 Å². The molecule has 0 aliphatic rings. The Morgan fingerprint density at radius 1 is 1.14 bits per heavy atom. The van der Waals surface area contributed by atoms with Gasteiger partial charge in [-0.15, -0.1) is 11.3 Å². The van der Waals surface area contributed by atoms with Crippen molar-refractivity contribution in [2.75, 3.05) is 4.43 Å². The quantitative estimate of drug-likeness (QED) is 0.392. The summed E-state index contributed by atoms with van der Waals surface area (Å²) in [4.78, 5) is 0.719. The number of alkyl halides is 1. The van der Waals surface area contributed by atoms with E-state index in [1.165, 1.54) is 16.9 Å². The van der Waals surface area contributed by atoms with E-state index in [4.69, 9.17) is 10.00 Å². The normalized spacial score (nSPS) is 12.0. The van der Waals surface area contributed by atoms with Crippen molar-refractivity contribution in [1.29, 1.82) is 5.26 Å².